The van der Waals surface area contributed by atoms with Crippen LogP contribution in [0.25, 0.3) is 0 Å². The van der Waals surface area contributed by atoms with Crippen LogP contribution in [0.2, 0.25) is 0 Å². The van der Waals surface area contributed by atoms with Crippen molar-refractivity contribution >= 4 is 28.9 Å². The Morgan fingerprint density at radius 2 is 2.46 bits per heavy atom. The summed E-state index contributed by atoms with van der Waals surface area (Å²) < 4.78 is 0. The molecule has 1 aliphatic heterocycles. The molecule has 0 aliphatic carbocycles. The van der Waals surface area contributed by atoms with Crippen LogP contribution in [0.4, 0.5) is 0 Å². The molecule has 1 nitrogen and oxygen atoms in total. The maximum Gasteiger partial charge on any atom is 0.146 e. The van der Waals surface area contributed by atoms with Crippen molar-refractivity contribution in [1.29, 1.82) is 0 Å². The predicted molar refractivity (Wildman–Crippen MR) is 58.5 cm³/mol. The molecule has 70 valence electrons. The Bertz CT molecular complexity index is 279. The Balaban J connectivity index is 1.82. The van der Waals surface area contributed by atoms with E-state index >= 15 is 0 Å². The third kappa shape index (κ3) is 2.35. The number of rotatable bonds is 3. The predicted octanol–water partition coefficient (Wildman–Crippen LogP) is 2.61. The van der Waals surface area contributed by atoms with Crippen molar-refractivity contribution in [3.63, 3.8) is 0 Å². The van der Waals surface area contributed by atoms with E-state index in [1.165, 1.54) is 5.56 Å². The molecule has 2 rings (SSSR count). The lowest BCUT2D eigenvalue weighted by Crippen LogP contribution is -2.11. The molecule has 0 amide bonds. The van der Waals surface area contributed by atoms with Crippen LogP contribution in [0.1, 0.15) is 12.0 Å². The first kappa shape index (κ1) is 9.28. The first-order valence-corrected chi connectivity index (χ1v) is 6.57. The molecule has 1 aromatic heterocycles. The molecular weight excluding hydrogens is 200 g/mol. The zero-order chi connectivity index (χ0) is 9.10. The summed E-state index contributed by atoms with van der Waals surface area (Å²) in [5, 5.41) is 4.27. The molecule has 1 unspecified atom stereocenters. The fourth-order valence-corrected chi connectivity index (χ4v) is 3.43. The van der Waals surface area contributed by atoms with Crippen molar-refractivity contribution in [2.45, 2.75) is 12.8 Å². The largest absolute Gasteiger partial charge is 0.298 e. The summed E-state index contributed by atoms with van der Waals surface area (Å²) in [6.07, 6.45) is 2.11. The van der Waals surface area contributed by atoms with Crippen molar-refractivity contribution in [3.8, 4) is 0 Å². The van der Waals surface area contributed by atoms with Crippen LogP contribution in [0.5, 0.6) is 0 Å². The number of hydrogen-bond donors (Lipinski definition) is 0. The number of carbonyl (C=O) groups excluding carboxylic acids is 1. The van der Waals surface area contributed by atoms with Crippen molar-refractivity contribution < 1.29 is 4.79 Å². The Morgan fingerprint density at radius 3 is 3.08 bits per heavy atom. The van der Waals surface area contributed by atoms with E-state index in [4.69, 9.17) is 0 Å². The minimum Gasteiger partial charge on any atom is -0.298 e. The molecule has 1 atom stereocenters. The van der Waals surface area contributed by atoms with Gasteiger partial charge in [0.2, 0.25) is 0 Å². The van der Waals surface area contributed by atoms with E-state index in [-0.39, 0.29) is 0 Å². The summed E-state index contributed by atoms with van der Waals surface area (Å²) in [7, 11) is 0. The number of aryl methyl sites for hydroxylation is 1. The van der Waals surface area contributed by atoms with Gasteiger partial charge in [0.1, 0.15) is 5.78 Å². The lowest BCUT2D eigenvalue weighted by atomic mass is 9.99. The van der Waals surface area contributed by atoms with Crippen molar-refractivity contribution in [2.24, 2.45) is 5.92 Å². The van der Waals surface area contributed by atoms with Crippen molar-refractivity contribution in [3.05, 3.63) is 22.4 Å². The molecule has 1 aromatic rings. The van der Waals surface area contributed by atoms with E-state index in [0.29, 0.717) is 11.7 Å². The first-order valence-electron chi connectivity index (χ1n) is 4.48. The molecule has 2 heterocycles. The van der Waals surface area contributed by atoms with Crippen LogP contribution in [0.15, 0.2) is 16.8 Å². The third-order valence-corrected chi connectivity index (χ3v) is 4.24. The van der Waals surface area contributed by atoms with Crippen LogP contribution in [-0.2, 0) is 11.2 Å². The molecule has 3 heteroatoms. The van der Waals surface area contributed by atoms with Gasteiger partial charge in [0.05, 0.1) is 5.75 Å². The number of carbonyl (C=O) groups is 1. The molecule has 0 saturated carbocycles. The third-order valence-electron chi connectivity index (χ3n) is 2.38. The minimum absolute atomic E-state index is 0.338. The molecule has 0 N–H and O–H groups in total. The van der Waals surface area contributed by atoms with Gasteiger partial charge in [0.25, 0.3) is 0 Å². The van der Waals surface area contributed by atoms with Crippen LogP contribution in [0, 0.1) is 5.92 Å². The minimum atomic E-state index is 0.338. The number of hydrogen-bond acceptors (Lipinski definition) is 3. The van der Waals surface area contributed by atoms with E-state index in [9.17, 15) is 4.79 Å². The van der Waals surface area contributed by atoms with Crippen LogP contribution < -0.4 is 0 Å². The standard InChI is InChI=1S/C10H12OS2/c11-10-7-13-6-9(10)2-1-8-3-4-12-5-8/h3-5,9H,1-2,6-7H2. The van der Waals surface area contributed by atoms with Gasteiger partial charge in [-0.3, -0.25) is 4.79 Å². The summed E-state index contributed by atoms with van der Waals surface area (Å²) in [4.78, 5) is 11.3. The Labute approximate surface area is 86.5 Å². The van der Waals surface area contributed by atoms with Gasteiger partial charge in [0.15, 0.2) is 0 Å². The summed E-state index contributed by atoms with van der Waals surface area (Å²) in [5.41, 5.74) is 1.38. The second kappa shape index (κ2) is 4.29. The Hall–Kier alpha value is -0.280. The number of Topliss-reactive ketones (excluding diaryl/α,β-unsaturated/α-hetero) is 1. The molecular formula is C10H12OS2. The average molecular weight is 212 g/mol. The summed E-state index contributed by atoms with van der Waals surface area (Å²) in [6, 6.07) is 2.15. The summed E-state index contributed by atoms with van der Waals surface area (Å²) in [5.74, 6) is 2.59. The van der Waals surface area contributed by atoms with Crippen LogP contribution in [-0.4, -0.2) is 17.3 Å². The molecule has 13 heavy (non-hydrogen) atoms. The summed E-state index contributed by atoms with van der Waals surface area (Å²) in [6.45, 7) is 0. The maximum absolute atomic E-state index is 11.3. The van der Waals surface area contributed by atoms with Crippen molar-refractivity contribution in [2.75, 3.05) is 11.5 Å². The quantitative estimate of drug-likeness (QED) is 0.766. The van der Waals surface area contributed by atoms with Gasteiger partial charge in [0, 0.05) is 11.7 Å². The topological polar surface area (TPSA) is 17.1 Å². The number of ketones is 1. The van der Waals surface area contributed by atoms with Gasteiger partial charge in [-0.05, 0) is 35.2 Å². The molecule has 1 saturated heterocycles. The zero-order valence-corrected chi connectivity index (χ0v) is 9.00. The van der Waals surface area contributed by atoms with Crippen LogP contribution >= 0.6 is 23.1 Å². The highest BCUT2D eigenvalue weighted by atomic mass is 32.2. The fraction of sp³-hybridized carbons (Fsp3) is 0.500. The van der Waals surface area contributed by atoms with E-state index < -0.39 is 0 Å². The normalized spacial score (nSPS) is 22.5. The van der Waals surface area contributed by atoms with Gasteiger partial charge in [-0.15, -0.1) is 0 Å². The highest BCUT2D eigenvalue weighted by Crippen LogP contribution is 2.24. The maximum atomic E-state index is 11.3. The van der Waals surface area contributed by atoms with E-state index in [1.807, 2.05) is 0 Å². The highest BCUT2D eigenvalue weighted by molar-refractivity contribution is 8.00. The Morgan fingerprint density at radius 1 is 1.54 bits per heavy atom. The monoisotopic (exact) mass is 212 g/mol. The van der Waals surface area contributed by atoms with E-state index in [0.717, 1.165) is 24.3 Å². The van der Waals surface area contributed by atoms with Crippen molar-refractivity contribution in [1.82, 2.24) is 0 Å². The van der Waals surface area contributed by atoms with Gasteiger partial charge in [-0.2, -0.15) is 23.1 Å². The lowest BCUT2D eigenvalue weighted by molar-refractivity contribution is -0.119. The average Bonchev–Trinajstić information content (AvgIpc) is 2.72. The SMILES string of the molecule is O=C1CSCC1CCc1ccsc1. The number of thiophene rings is 1. The van der Waals surface area contributed by atoms with E-state index in [2.05, 4.69) is 16.8 Å². The lowest BCUT2D eigenvalue weighted by Gasteiger charge is -2.04. The molecule has 1 fully saturated rings. The van der Waals surface area contributed by atoms with Gasteiger partial charge in [-0.25, -0.2) is 0 Å². The molecule has 0 bridgehead atoms. The first-order chi connectivity index (χ1) is 6.36. The number of thioether (sulfide) groups is 1. The van der Waals surface area contributed by atoms with Gasteiger partial charge >= 0.3 is 0 Å². The van der Waals surface area contributed by atoms with Gasteiger partial charge < -0.3 is 0 Å². The van der Waals surface area contributed by atoms with E-state index in [1.54, 1.807) is 23.1 Å². The Kier molecular flexibility index (Phi) is 3.06. The highest BCUT2D eigenvalue weighted by Gasteiger charge is 2.24. The fourth-order valence-electron chi connectivity index (χ4n) is 1.53. The van der Waals surface area contributed by atoms with Gasteiger partial charge in [-0.1, -0.05) is 0 Å². The second-order valence-corrected chi connectivity index (χ2v) is 5.16. The van der Waals surface area contributed by atoms with Crippen LogP contribution in [0.3, 0.4) is 0 Å². The smallest absolute Gasteiger partial charge is 0.146 e. The molecule has 1 aliphatic rings. The summed E-state index contributed by atoms with van der Waals surface area (Å²) >= 11 is 3.51. The molecule has 0 aromatic carbocycles. The molecule has 0 spiro atoms. The second-order valence-electron chi connectivity index (χ2n) is 3.35. The zero-order valence-electron chi connectivity index (χ0n) is 7.36. The molecule has 0 radical (unpaired) electrons.